The first-order valence-corrected chi connectivity index (χ1v) is 11.5. The van der Waals surface area contributed by atoms with Crippen LogP contribution < -0.4 is 9.50 Å². The van der Waals surface area contributed by atoms with Crippen LogP contribution in [0.4, 0.5) is 5.69 Å². The lowest BCUT2D eigenvalue weighted by Crippen LogP contribution is -2.29. The minimum Gasteiger partial charge on any atom is -0.379 e. The number of benzene rings is 2. The van der Waals surface area contributed by atoms with Crippen LogP contribution in [0, 0.1) is 10.1 Å². The number of nitro groups is 1. The molecule has 0 aliphatic rings. The molecule has 156 valence electrons. The van der Waals surface area contributed by atoms with Gasteiger partial charge in [0.15, 0.2) is 9.84 Å². The molecular formula is C17H18N2O8S2. The number of hydrogen-bond acceptors (Lipinski definition) is 8. The van der Waals surface area contributed by atoms with Crippen LogP contribution in [-0.2, 0) is 20.0 Å². The van der Waals surface area contributed by atoms with Crippen LogP contribution in [-0.4, -0.2) is 45.7 Å². The Morgan fingerprint density at radius 3 is 2.34 bits per heavy atom. The van der Waals surface area contributed by atoms with Crippen molar-refractivity contribution in [3.05, 3.63) is 64.2 Å². The third-order valence-electron chi connectivity index (χ3n) is 3.78. The molecule has 1 N–H and O–H groups in total. The summed E-state index contributed by atoms with van der Waals surface area (Å²) in [7, 11) is -7.51. The average Bonchev–Trinajstić information content (AvgIpc) is 2.68. The summed E-state index contributed by atoms with van der Waals surface area (Å²) in [6.07, 6.45) is 0. The Labute approximate surface area is 167 Å². The normalized spacial score (nSPS) is 11.6. The summed E-state index contributed by atoms with van der Waals surface area (Å²) in [5.74, 6) is -0.822. The predicted molar refractivity (Wildman–Crippen MR) is 104 cm³/mol. The third-order valence-corrected chi connectivity index (χ3v) is 6.73. The highest BCUT2D eigenvalue weighted by Crippen LogP contribution is 2.22. The zero-order valence-electron chi connectivity index (χ0n) is 15.3. The molecule has 12 heteroatoms. The van der Waals surface area contributed by atoms with Crippen molar-refractivity contribution in [2.24, 2.45) is 0 Å². The number of hydrogen-bond donors (Lipinski definition) is 1. The molecule has 0 saturated heterocycles. The van der Waals surface area contributed by atoms with Crippen LogP contribution in [0.1, 0.15) is 17.3 Å². The van der Waals surface area contributed by atoms with Crippen LogP contribution in [0.3, 0.4) is 0 Å². The van der Waals surface area contributed by atoms with E-state index in [2.05, 4.69) is 5.32 Å². The zero-order valence-corrected chi connectivity index (χ0v) is 16.9. The quantitative estimate of drug-likeness (QED) is 0.349. The molecule has 10 nitrogen and oxygen atoms in total. The van der Waals surface area contributed by atoms with Gasteiger partial charge in [-0.05, 0) is 30.3 Å². The van der Waals surface area contributed by atoms with Crippen LogP contribution >= 0.6 is 0 Å². The van der Waals surface area contributed by atoms with E-state index < -0.39 is 36.5 Å². The van der Waals surface area contributed by atoms with Crippen LogP contribution in [0.15, 0.2) is 53.4 Å². The molecule has 29 heavy (non-hydrogen) atoms. The fourth-order valence-corrected chi connectivity index (χ4v) is 3.83. The van der Waals surface area contributed by atoms with E-state index in [1.807, 2.05) is 0 Å². The number of carbonyl (C=O) groups excluding carboxylic acids is 1. The highest BCUT2D eigenvalue weighted by molar-refractivity contribution is 7.91. The van der Waals surface area contributed by atoms with E-state index >= 15 is 0 Å². The van der Waals surface area contributed by atoms with Gasteiger partial charge >= 0.3 is 10.1 Å². The van der Waals surface area contributed by atoms with E-state index in [0.717, 1.165) is 18.2 Å². The van der Waals surface area contributed by atoms with Crippen molar-refractivity contribution in [3.63, 3.8) is 0 Å². The molecule has 0 aliphatic heterocycles. The molecule has 0 unspecified atom stereocenters. The van der Waals surface area contributed by atoms with E-state index in [1.54, 1.807) is 0 Å². The van der Waals surface area contributed by atoms with Gasteiger partial charge in [-0.25, -0.2) is 8.42 Å². The first-order valence-electron chi connectivity index (χ1n) is 8.32. The number of nitrogens with zero attached hydrogens (tertiary/aromatic N) is 1. The summed E-state index contributed by atoms with van der Waals surface area (Å²) in [5.41, 5.74) is -0.217. The van der Waals surface area contributed by atoms with Crippen LogP contribution in [0.5, 0.6) is 5.75 Å². The molecule has 2 rings (SSSR count). The summed E-state index contributed by atoms with van der Waals surface area (Å²) in [6, 6.07) is 9.51. The molecule has 0 fully saturated rings. The fourth-order valence-electron chi connectivity index (χ4n) is 2.16. The second kappa shape index (κ2) is 9.01. The number of nitro benzene ring substituents is 1. The zero-order chi connectivity index (χ0) is 21.7. The van der Waals surface area contributed by atoms with Gasteiger partial charge in [-0.3, -0.25) is 14.9 Å². The average molecular weight is 442 g/mol. The molecule has 2 aromatic carbocycles. The Hall–Kier alpha value is -2.99. The first kappa shape index (κ1) is 22.3. The summed E-state index contributed by atoms with van der Waals surface area (Å²) in [6.45, 7) is 1.46. The van der Waals surface area contributed by atoms with Gasteiger partial charge in [-0.1, -0.05) is 13.0 Å². The van der Waals surface area contributed by atoms with Crippen molar-refractivity contribution in [2.45, 2.75) is 11.8 Å². The molecule has 0 aliphatic carbocycles. The summed E-state index contributed by atoms with van der Waals surface area (Å²) in [4.78, 5) is 21.7. The molecule has 0 aromatic heterocycles. The highest BCUT2D eigenvalue weighted by Gasteiger charge is 2.20. The van der Waals surface area contributed by atoms with E-state index in [1.165, 1.54) is 37.3 Å². The number of rotatable bonds is 9. The van der Waals surface area contributed by atoms with Crippen LogP contribution in [0.25, 0.3) is 0 Å². The second-order valence-electron chi connectivity index (χ2n) is 5.81. The summed E-state index contributed by atoms with van der Waals surface area (Å²) < 4.78 is 52.3. The lowest BCUT2D eigenvalue weighted by atomic mass is 10.2. The van der Waals surface area contributed by atoms with Crippen molar-refractivity contribution in [1.29, 1.82) is 0 Å². The molecule has 0 radical (unpaired) electrons. The van der Waals surface area contributed by atoms with Crippen molar-refractivity contribution in [1.82, 2.24) is 5.32 Å². The molecule has 0 bridgehead atoms. The van der Waals surface area contributed by atoms with Crippen molar-refractivity contribution < 1.29 is 30.7 Å². The van der Waals surface area contributed by atoms with E-state index in [0.29, 0.717) is 0 Å². The molecule has 0 atom stereocenters. The number of non-ortho nitro benzene ring substituents is 1. The van der Waals surface area contributed by atoms with Crippen LogP contribution in [0.2, 0.25) is 0 Å². The second-order valence-corrected chi connectivity index (χ2v) is 9.83. The number of amides is 1. The van der Waals surface area contributed by atoms with Gasteiger partial charge in [-0.2, -0.15) is 8.42 Å². The molecule has 0 heterocycles. The van der Waals surface area contributed by atoms with E-state index in [-0.39, 0.29) is 34.3 Å². The molecular weight excluding hydrogens is 424 g/mol. The fraction of sp³-hybridized carbons (Fsp3) is 0.235. The number of carbonyl (C=O) groups is 1. The van der Waals surface area contributed by atoms with E-state index in [9.17, 15) is 31.7 Å². The van der Waals surface area contributed by atoms with Gasteiger partial charge < -0.3 is 9.50 Å². The maximum atomic E-state index is 12.3. The third kappa shape index (κ3) is 6.26. The van der Waals surface area contributed by atoms with Gasteiger partial charge in [0.25, 0.3) is 11.6 Å². The van der Waals surface area contributed by atoms with Gasteiger partial charge in [0.05, 0.1) is 10.7 Å². The Balaban J connectivity index is 2.05. The number of nitrogens with one attached hydrogen (secondary N) is 1. The Morgan fingerprint density at radius 2 is 1.76 bits per heavy atom. The standard InChI is InChI=1S/C17H18N2O8S2/c1-2-28(23,24)11-10-18-17(20)13-6-8-15(9-7-13)27-29(25,26)16-5-3-4-14(12-16)19(21)22/h3-9,12H,2,10-11H2,1H3,(H,18,20). The lowest BCUT2D eigenvalue weighted by Gasteiger charge is -2.08. The molecule has 1 amide bonds. The largest absolute Gasteiger partial charge is 0.379 e. The molecule has 0 spiro atoms. The minimum atomic E-state index is -4.31. The minimum absolute atomic E-state index is 0.0199. The van der Waals surface area contributed by atoms with Gasteiger partial charge in [0, 0.05) is 30.0 Å². The van der Waals surface area contributed by atoms with Gasteiger partial charge in [-0.15, -0.1) is 0 Å². The summed E-state index contributed by atoms with van der Waals surface area (Å²) in [5, 5.41) is 13.2. The maximum Gasteiger partial charge on any atom is 0.339 e. The Kier molecular flexibility index (Phi) is 6.93. The smallest absolute Gasteiger partial charge is 0.339 e. The van der Waals surface area contributed by atoms with E-state index in [4.69, 9.17) is 4.18 Å². The molecule has 2 aromatic rings. The predicted octanol–water partition coefficient (Wildman–Crippen LogP) is 1.53. The Morgan fingerprint density at radius 1 is 1.10 bits per heavy atom. The SMILES string of the molecule is CCS(=O)(=O)CCNC(=O)c1ccc(OS(=O)(=O)c2cccc([N+](=O)[O-])c2)cc1. The Bertz CT molecular complexity index is 1110. The van der Waals surface area contributed by atoms with Crippen molar-refractivity contribution in [2.75, 3.05) is 18.1 Å². The van der Waals surface area contributed by atoms with Gasteiger partial charge in [0.1, 0.15) is 10.6 Å². The highest BCUT2D eigenvalue weighted by atomic mass is 32.2. The molecule has 0 saturated carbocycles. The van der Waals surface area contributed by atoms with Crippen molar-refractivity contribution >= 4 is 31.5 Å². The number of sulfone groups is 1. The first-order chi connectivity index (χ1) is 13.5. The topological polar surface area (TPSA) is 150 Å². The van der Waals surface area contributed by atoms with Crippen molar-refractivity contribution in [3.8, 4) is 5.75 Å². The monoisotopic (exact) mass is 442 g/mol. The maximum absolute atomic E-state index is 12.3. The lowest BCUT2D eigenvalue weighted by molar-refractivity contribution is -0.385. The van der Waals surface area contributed by atoms with Gasteiger partial charge in [0.2, 0.25) is 0 Å². The summed E-state index contributed by atoms with van der Waals surface area (Å²) >= 11 is 0.